The number of nitrogens with one attached hydrogen (secondary N) is 2. The molecule has 2 N–H and O–H groups in total. The van der Waals surface area contributed by atoms with Crippen LogP contribution in [0, 0.1) is 0 Å². The Morgan fingerprint density at radius 3 is 2.68 bits per heavy atom. The first-order valence-corrected chi connectivity index (χ1v) is 6.05. The van der Waals surface area contributed by atoms with E-state index < -0.39 is 17.2 Å². The number of hydrogen-bond donors (Lipinski definition) is 2. The second-order valence-corrected chi connectivity index (χ2v) is 5.61. The number of rotatable bonds is 0. The monoisotopic (exact) mass is 256 g/mol. The van der Waals surface area contributed by atoms with Crippen molar-refractivity contribution in [3.05, 3.63) is 23.8 Å². The van der Waals surface area contributed by atoms with E-state index in [0.29, 0.717) is 23.2 Å². The first-order chi connectivity index (χ1) is 8.82. The molecule has 6 heteroatoms. The first kappa shape index (κ1) is 12.1. The predicted octanol–water partition coefficient (Wildman–Crippen LogP) is 0.0762. The third kappa shape index (κ3) is 1.70. The van der Waals surface area contributed by atoms with Gasteiger partial charge in [-0.2, -0.15) is 0 Å². The molecule has 0 aromatic heterocycles. The van der Waals surface area contributed by atoms with Crippen LogP contribution in [-0.2, 0) is 10.3 Å². The smallest absolute Gasteiger partial charge is 0.322 e. The van der Waals surface area contributed by atoms with Crippen molar-refractivity contribution in [1.29, 1.82) is 0 Å². The molecule has 1 atom stereocenters. The topological polar surface area (TPSA) is 67.4 Å². The van der Waals surface area contributed by atoms with Gasteiger partial charge in [0, 0.05) is 12.0 Å². The molecule has 2 aliphatic rings. The van der Waals surface area contributed by atoms with E-state index in [1.54, 1.807) is 18.2 Å². The standard InChI is InChI=1S/C13H13BN2O3/c1-12(2)6-13(10(17)15-11(18)16-13)8-5-7(14)3-4-9(8)19-12/h3-5H,6H2,1-2H3,(H2,15,16,17,18). The van der Waals surface area contributed by atoms with Gasteiger partial charge in [-0.3, -0.25) is 10.1 Å². The molecule has 0 saturated carbocycles. The second kappa shape index (κ2) is 3.53. The van der Waals surface area contributed by atoms with Crippen LogP contribution < -0.4 is 20.8 Å². The first-order valence-electron chi connectivity index (χ1n) is 6.05. The van der Waals surface area contributed by atoms with Crippen LogP contribution in [0.4, 0.5) is 4.79 Å². The van der Waals surface area contributed by atoms with Crippen LogP contribution >= 0.6 is 0 Å². The van der Waals surface area contributed by atoms with Gasteiger partial charge in [0.05, 0.1) is 0 Å². The van der Waals surface area contributed by atoms with Crippen molar-refractivity contribution in [2.24, 2.45) is 0 Å². The summed E-state index contributed by atoms with van der Waals surface area (Å²) in [6.07, 6.45) is 0.355. The maximum absolute atomic E-state index is 12.2. The highest BCUT2D eigenvalue weighted by atomic mass is 16.5. The summed E-state index contributed by atoms with van der Waals surface area (Å²) in [4.78, 5) is 23.8. The Hall–Kier alpha value is -1.98. The van der Waals surface area contributed by atoms with Gasteiger partial charge < -0.3 is 10.1 Å². The maximum atomic E-state index is 12.2. The fourth-order valence-electron chi connectivity index (χ4n) is 2.84. The molecule has 1 unspecified atom stereocenters. The lowest BCUT2D eigenvalue weighted by Crippen LogP contribution is -2.54. The molecule has 1 spiro atoms. The largest absolute Gasteiger partial charge is 0.487 e. The lowest BCUT2D eigenvalue weighted by atomic mass is 9.76. The average Bonchev–Trinajstić information content (AvgIpc) is 2.54. The normalized spacial score (nSPS) is 27.5. The molecule has 3 rings (SSSR count). The lowest BCUT2D eigenvalue weighted by Gasteiger charge is -2.42. The number of ether oxygens (including phenoxy) is 1. The van der Waals surface area contributed by atoms with Crippen molar-refractivity contribution in [1.82, 2.24) is 10.6 Å². The Morgan fingerprint density at radius 1 is 1.32 bits per heavy atom. The van der Waals surface area contributed by atoms with E-state index in [9.17, 15) is 9.59 Å². The van der Waals surface area contributed by atoms with Crippen LogP contribution in [0.3, 0.4) is 0 Å². The lowest BCUT2D eigenvalue weighted by molar-refractivity contribution is -0.127. The van der Waals surface area contributed by atoms with E-state index in [4.69, 9.17) is 12.6 Å². The molecule has 1 saturated heterocycles. The number of urea groups is 1. The summed E-state index contributed by atoms with van der Waals surface area (Å²) in [5.41, 5.74) is -0.521. The minimum atomic E-state index is -1.09. The Balaban J connectivity index is 2.23. The number of amides is 3. The van der Waals surface area contributed by atoms with E-state index >= 15 is 0 Å². The molecule has 19 heavy (non-hydrogen) atoms. The van der Waals surface area contributed by atoms with Crippen molar-refractivity contribution in [2.75, 3.05) is 0 Å². The van der Waals surface area contributed by atoms with Gasteiger partial charge in [0.2, 0.25) is 0 Å². The van der Waals surface area contributed by atoms with Gasteiger partial charge in [-0.1, -0.05) is 17.6 Å². The fraction of sp³-hybridized carbons (Fsp3) is 0.385. The van der Waals surface area contributed by atoms with Gasteiger partial charge in [0.25, 0.3) is 5.91 Å². The zero-order valence-corrected chi connectivity index (χ0v) is 10.7. The van der Waals surface area contributed by atoms with Gasteiger partial charge in [0.15, 0.2) is 5.54 Å². The van der Waals surface area contributed by atoms with Crippen molar-refractivity contribution in [3.8, 4) is 5.75 Å². The summed E-state index contributed by atoms with van der Waals surface area (Å²) in [5.74, 6) is 0.212. The summed E-state index contributed by atoms with van der Waals surface area (Å²) in [5, 5.41) is 5.01. The molecule has 2 aliphatic heterocycles. The fourth-order valence-corrected chi connectivity index (χ4v) is 2.84. The van der Waals surface area contributed by atoms with Crippen molar-refractivity contribution >= 4 is 25.2 Å². The van der Waals surface area contributed by atoms with E-state index in [1.165, 1.54) is 0 Å². The molecule has 5 nitrogen and oxygen atoms in total. The summed E-state index contributed by atoms with van der Waals surface area (Å²) < 4.78 is 5.86. The van der Waals surface area contributed by atoms with Gasteiger partial charge in [-0.05, 0) is 19.9 Å². The molecule has 1 aromatic rings. The third-order valence-corrected chi connectivity index (χ3v) is 3.48. The second-order valence-electron chi connectivity index (χ2n) is 5.61. The number of fused-ring (bicyclic) bond motifs is 2. The van der Waals surface area contributed by atoms with Crippen LogP contribution in [0.2, 0.25) is 0 Å². The third-order valence-electron chi connectivity index (χ3n) is 3.48. The highest BCUT2D eigenvalue weighted by molar-refractivity contribution is 6.32. The number of hydrogen-bond acceptors (Lipinski definition) is 3. The zero-order valence-electron chi connectivity index (χ0n) is 10.7. The molecule has 3 amide bonds. The highest BCUT2D eigenvalue weighted by Crippen LogP contribution is 2.44. The summed E-state index contributed by atoms with van der Waals surface area (Å²) in [6.45, 7) is 3.76. The van der Waals surface area contributed by atoms with E-state index in [1.807, 2.05) is 13.8 Å². The molecular weight excluding hydrogens is 243 g/mol. The van der Waals surface area contributed by atoms with E-state index in [0.717, 1.165) is 0 Å². The van der Waals surface area contributed by atoms with Crippen molar-refractivity contribution in [3.63, 3.8) is 0 Å². The maximum Gasteiger partial charge on any atom is 0.322 e. The molecule has 96 valence electrons. The summed E-state index contributed by atoms with van der Waals surface area (Å²) in [7, 11) is 5.78. The Kier molecular flexibility index (Phi) is 2.24. The van der Waals surface area contributed by atoms with Crippen LogP contribution in [0.15, 0.2) is 18.2 Å². The Labute approximate surface area is 112 Å². The molecule has 0 aliphatic carbocycles. The number of carbonyl (C=O) groups is 2. The minimum Gasteiger partial charge on any atom is -0.487 e. The predicted molar refractivity (Wildman–Crippen MR) is 69.5 cm³/mol. The van der Waals surface area contributed by atoms with E-state index in [2.05, 4.69) is 10.6 Å². The summed E-state index contributed by atoms with van der Waals surface area (Å²) in [6, 6.07) is 4.62. The number of benzene rings is 1. The molecule has 2 heterocycles. The number of imide groups is 1. The van der Waals surface area contributed by atoms with Crippen molar-refractivity contribution < 1.29 is 14.3 Å². The summed E-state index contributed by atoms with van der Waals surface area (Å²) >= 11 is 0. The van der Waals surface area contributed by atoms with Gasteiger partial charge in [-0.25, -0.2) is 4.79 Å². The van der Waals surface area contributed by atoms with Crippen molar-refractivity contribution in [2.45, 2.75) is 31.4 Å². The Bertz CT molecular complexity index is 600. The van der Waals surface area contributed by atoms with E-state index in [-0.39, 0.29) is 5.91 Å². The SMILES string of the molecule is [B]c1ccc2c(c1)C1(CC(C)(C)O2)NC(=O)NC1=O. The number of carbonyl (C=O) groups excluding carboxylic acids is 2. The molecule has 2 radical (unpaired) electrons. The zero-order chi connectivity index (χ0) is 13.8. The molecular formula is C13H13BN2O3. The molecule has 1 fully saturated rings. The molecule has 0 bridgehead atoms. The van der Waals surface area contributed by atoms with Crippen LogP contribution in [0.25, 0.3) is 0 Å². The van der Waals surface area contributed by atoms with Crippen LogP contribution in [0.1, 0.15) is 25.8 Å². The quantitative estimate of drug-likeness (QED) is 0.510. The highest BCUT2D eigenvalue weighted by Gasteiger charge is 2.55. The van der Waals surface area contributed by atoms with Gasteiger partial charge >= 0.3 is 6.03 Å². The van der Waals surface area contributed by atoms with Crippen LogP contribution in [-0.4, -0.2) is 25.4 Å². The van der Waals surface area contributed by atoms with Crippen LogP contribution in [0.5, 0.6) is 5.75 Å². The average molecular weight is 256 g/mol. The van der Waals surface area contributed by atoms with Gasteiger partial charge in [-0.15, -0.1) is 0 Å². The molecule has 1 aromatic carbocycles. The Morgan fingerprint density at radius 2 is 2.05 bits per heavy atom. The minimum absolute atomic E-state index is 0.355. The van der Waals surface area contributed by atoms with Gasteiger partial charge in [0.1, 0.15) is 19.2 Å².